The first-order chi connectivity index (χ1) is 11.0. The summed E-state index contributed by atoms with van der Waals surface area (Å²) >= 11 is 7.51. The lowest BCUT2D eigenvalue weighted by Gasteiger charge is -2.11. The van der Waals surface area contributed by atoms with Gasteiger partial charge in [0.1, 0.15) is 5.75 Å². The highest BCUT2D eigenvalue weighted by atomic mass is 35.5. The quantitative estimate of drug-likeness (QED) is 0.494. The first-order valence-corrected chi connectivity index (χ1v) is 8.04. The van der Waals surface area contributed by atoms with E-state index in [1.807, 2.05) is 6.26 Å². The Morgan fingerprint density at radius 3 is 2.61 bits per heavy atom. The molecule has 0 fully saturated rings. The number of thioether (sulfide) groups is 1. The van der Waals surface area contributed by atoms with E-state index < -0.39 is 10.8 Å². The predicted octanol–water partition coefficient (Wildman–Crippen LogP) is 4.23. The third-order valence-electron chi connectivity index (χ3n) is 3.07. The number of hydrogen-bond acceptors (Lipinski definition) is 5. The van der Waals surface area contributed by atoms with Crippen molar-refractivity contribution in [2.75, 3.05) is 18.7 Å². The number of nitro benzene ring substituents is 1. The van der Waals surface area contributed by atoms with E-state index in [0.29, 0.717) is 17.0 Å². The van der Waals surface area contributed by atoms with Gasteiger partial charge in [-0.05, 0) is 30.5 Å². The molecule has 0 bridgehead atoms. The highest BCUT2D eigenvalue weighted by molar-refractivity contribution is 7.98. The summed E-state index contributed by atoms with van der Waals surface area (Å²) in [6, 6.07) is 9.07. The summed E-state index contributed by atoms with van der Waals surface area (Å²) in [5.74, 6) is 0.0256. The summed E-state index contributed by atoms with van der Waals surface area (Å²) in [6.07, 6.45) is 1.92. The number of nitrogens with zero attached hydrogens (tertiary/aromatic N) is 1. The number of anilines is 1. The van der Waals surface area contributed by atoms with Gasteiger partial charge in [0.15, 0.2) is 0 Å². The summed E-state index contributed by atoms with van der Waals surface area (Å²) in [5.41, 5.74) is 0.493. The zero-order chi connectivity index (χ0) is 17.0. The Hall–Kier alpha value is -2.25. The molecular weight excluding hydrogens is 340 g/mol. The molecule has 0 aliphatic carbocycles. The molecule has 0 aliphatic rings. The number of hydrogen-bond donors (Lipinski definition) is 1. The Kier molecular flexibility index (Phi) is 5.46. The number of nitro groups is 1. The van der Waals surface area contributed by atoms with E-state index >= 15 is 0 Å². The van der Waals surface area contributed by atoms with Gasteiger partial charge in [-0.3, -0.25) is 14.9 Å². The number of benzene rings is 2. The molecule has 120 valence electrons. The van der Waals surface area contributed by atoms with E-state index in [1.165, 1.54) is 37.1 Å². The van der Waals surface area contributed by atoms with Crippen molar-refractivity contribution in [2.45, 2.75) is 4.90 Å². The van der Waals surface area contributed by atoms with Gasteiger partial charge < -0.3 is 10.1 Å². The Bertz CT molecular complexity index is 767. The van der Waals surface area contributed by atoms with Crippen molar-refractivity contribution in [3.63, 3.8) is 0 Å². The molecule has 2 rings (SSSR count). The van der Waals surface area contributed by atoms with Crippen LogP contribution >= 0.6 is 23.4 Å². The van der Waals surface area contributed by atoms with Crippen molar-refractivity contribution >= 4 is 40.6 Å². The topological polar surface area (TPSA) is 81.5 Å². The van der Waals surface area contributed by atoms with Crippen LogP contribution in [0.5, 0.6) is 5.75 Å². The zero-order valence-electron chi connectivity index (χ0n) is 12.3. The fourth-order valence-corrected chi connectivity index (χ4v) is 2.55. The number of non-ortho nitro benzene ring substituents is 1. The van der Waals surface area contributed by atoms with E-state index in [2.05, 4.69) is 5.32 Å². The minimum atomic E-state index is -0.554. The SMILES string of the molecule is COc1cc(SC)ccc1C(=O)Nc1ccc([N+](=O)[O-])cc1Cl. The van der Waals surface area contributed by atoms with E-state index in [0.717, 1.165) is 4.90 Å². The molecule has 0 atom stereocenters. The number of carbonyl (C=O) groups is 1. The van der Waals surface area contributed by atoms with Crippen LogP contribution in [0.15, 0.2) is 41.3 Å². The van der Waals surface area contributed by atoms with Crippen molar-refractivity contribution in [2.24, 2.45) is 0 Å². The number of ether oxygens (including phenoxy) is 1. The Morgan fingerprint density at radius 1 is 1.30 bits per heavy atom. The lowest BCUT2D eigenvalue weighted by molar-refractivity contribution is -0.384. The monoisotopic (exact) mass is 352 g/mol. The van der Waals surface area contributed by atoms with Gasteiger partial charge in [0.25, 0.3) is 11.6 Å². The molecule has 6 nitrogen and oxygen atoms in total. The van der Waals surface area contributed by atoms with Gasteiger partial charge in [0.2, 0.25) is 0 Å². The maximum atomic E-state index is 12.4. The van der Waals surface area contributed by atoms with Crippen LogP contribution in [-0.2, 0) is 0 Å². The highest BCUT2D eigenvalue weighted by Crippen LogP contribution is 2.29. The number of nitrogens with one attached hydrogen (secondary N) is 1. The maximum Gasteiger partial charge on any atom is 0.271 e. The maximum absolute atomic E-state index is 12.4. The molecule has 0 spiro atoms. The van der Waals surface area contributed by atoms with E-state index in [1.54, 1.807) is 18.2 Å². The molecule has 0 saturated carbocycles. The number of methoxy groups -OCH3 is 1. The number of carbonyl (C=O) groups excluding carboxylic acids is 1. The van der Waals surface area contributed by atoms with Gasteiger partial charge in [-0.15, -0.1) is 11.8 Å². The van der Waals surface area contributed by atoms with Crippen molar-refractivity contribution in [3.05, 3.63) is 57.1 Å². The van der Waals surface area contributed by atoms with Crippen molar-refractivity contribution in [1.82, 2.24) is 0 Å². The normalized spacial score (nSPS) is 10.2. The summed E-state index contributed by atoms with van der Waals surface area (Å²) < 4.78 is 5.23. The second-order valence-electron chi connectivity index (χ2n) is 4.44. The van der Waals surface area contributed by atoms with Gasteiger partial charge in [-0.25, -0.2) is 0 Å². The van der Waals surface area contributed by atoms with Crippen LogP contribution in [-0.4, -0.2) is 24.2 Å². The molecule has 0 aromatic heterocycles. The minimum Gasteiger partial charge on any atom is -0.496 e. The van der Waals surface area contributed by atoms with Gasteiger partial charge in [0, 0.05) is 17.0 Å². The second-order valence-corrected chi connectivity index (χ2v) is 5.73. The predicted molar refractivity (Wildman–Crippen MR) is 90.8 cm³/mol. The average molecular weight is 353 g/mol. The molecule has 0 unspecified atom stereocenters. The Labute approximate surface area is 141 Å². The molecule has 23 heavy (non-hydrogen) atoms. The molecule has 0 radical (unpaired) electrons. The van der Waals surface area contributed by atoms with Gasteiger partial charge in [-0.1, -0.05) is 11.6 Å². The number of halogens is 1. The number of amides is 1. The summed E-state index contributed by atoms with van der Waals surface area (Å²) in [7, 11) is 1.48. The fraction of sp³-hybridized carbons (Fsp3) is 0.133. The molecule has 0 heterocycles. The standard InChI is InChI=1S/C15H13ClN2O4S/c1-22-14-8-10(23-2)4-5-11(14)15(19)17-13-6-3-9(18(20)21)7-12(13)16/h3-8H,1-2H3,(H,17,19). The van der Waals surface area contributed by atoms with Crippen molar-refractivity contribution < 1.29 is 14.5 Å². The molecule has 1 amide bonds. The first kappa shape index (κ1) is 17.1. The lowest BCUT2D eigenvalue weighted by Crippen LogP contribution is -2.13. The Morgan fingerprint density at radius 2 is 2.04 bits per heavy atom. The minimum absolute atomic E-state index is 0.0900. The van der Waals surface area contributed by atoms with Crippen LogP contribution in [0.25, 0.3) is 0 Å². The van der Waals surface area contributed by atoms with Crippen LogP contribution in [0, 0.1) is 10.1 Å². The highest BCUT2D eigenvalue weighted by Gasteiger charge is 2.16. The Balaban J connectivity index is 2.27. The van der Waals surface area contributed by atoms with Gasteiger partial charge in [0.05, 0.1) is 28.3 Å². The zero-order valence-corrected chi connectivity index (χ0v) is 13.9. The summed E-state index contributed by atoms with van der Waals surface area (Å²) in [5, 5.41) is 13.4. The van der Waals surface area contributed by atoms with Crippen molar-refractivity contribution in [3.8, 4) is 5.75 Å². The molecule has 8 heteroatoms. The molecule has 0 aliphatic heterocycles. The second kappa shape index (κ2) is 7.34. The summed E-state index contributed by atoms with van der Waals surface area (Å²) in [6.45, 7) is 0. The summed E-state index contributed by atoms with van der Waals surface area (Å²) in [4.78, 5) is 23.5. The fourth-order valence-electron chi connectivity index (χ4n) is 1.89. The van der Waals surface area contributed by atoms with Crippen LogP contribution < -0.4 is 10.1 Å². The molecule has 1 N–H and O–H groups in total. The van der Waals surface area contributed by atoms with E-state index in [4.69, 9.17) is 16.3 Å². The van der Waals surface area contributed by atoms with E-state index in [-0.39, 0.29) is 10.7 Å². The first-order valence-electron chi connectivity index (χ1n) is 6.43. The third kappa shape index (κ3) is 3.94. The number of rotatable bonds is 5. The largest absolute Gasteiger partial charge is 0.496 e. The van der Waals surface area contributed by atoms with Crippen LogP contribution in [0.3, 0.4) is 0 Å². The van der Waals surface area contributed by atoms with Crippen LogP contribution in [0.2, 0.25) is 5.02 Å². The van der Waals surface area contributed by atoms with Crippen molar-refractivity contribution in [1.29, 1.82) is 0 Å². The van der Waals surface area contributed by atoms with Gasteiger partial charge in [-0.2, -0.15) is 0 Å². The smallest absolute Gasteiger partial charge is 0.271 e. The molecule has 2 aromatic rings. The van der Waals surface area contributed by atoms with Crippen LogP contribution in [0.4, 0.5) is 11.4 Å². The van der Waals surface area contributed by atoms with Crippen LogP contribution in [0.1, 0.15) is 10.4 Å². The molecule has 2 aromatic carbocycles. The third-order valence-corrected chi connectivity index (χ3v) is 4.10. The van der Waals surface area contributed by atoms with Gasteiger partial charge >= 0.3 is 0 Å². The lowest BCUT2D eigenvalue weighted by atomic mass is 10.1. The molecule has 0 saturated heterocycles. The average Bonchev–Trinajstić information content (AvgIpc) is 2.55. The molecular formula is C15H13ClN2O4S. The van der Waals surface area contributed by atoms with E-state index in [9.17, 15) is 14.9 Å².